The van der Waals surface area contributed by atoms with E-state index in [1.165, 1.54) is 6.20 Å². The lowest BCUT2D eigenvalue weighted by Gasteiger charge is -2.10. The van der Waals surface area contributed by atoms with Crippen molar-refractivity contribution >= 4 is 17.5 Å². The van der Waals surface area contributed by atoms with E-state index in [9.17, 15) is 13.2 Å². The van der Waals surface area contributed by atoms with Crippen LogP contribution in [-0.4, -0.2) is 29.3 Å². The summed E-state index contributed by atoms with van der Waals surface area (Å²) >= 11 is 5.80. The van der Waals surface area contributed by atoms with E-state index >= 15 is 0 Å². The van der Waals surface area contributed by atoms with Crippen molar-refractivity contribution in [3.05, 3.63) is 11.2 Å². The Bertz CT molecular complexity index is 401. The summed E-state index contributed by atoms with van der Waals surface area (Å²) in [5, 5.41) is 3.11. The summed E-state index contributed by atoms with van der Waals surface area (Å²) < 4.78 is 41.0. The van der Waals surface area contributed by atoms with Crippen molar-refractivity contribution in [2.24, 2.45) is 0 Å². The highest BCUT2D eigenvalue weighted by atomic mass is 35.5. The van der Waals surface area contributed by atoms with Gasteiger partial charge in [-0.3, -0.25) is 0 Å². The summed E-state index contributed by atoms with van der Waals surface area (Å²) in [6, 6.07) is 0. The summed E-state index contributed by atoms with van der Waals surface area (Å²) in [7, 11) is 0. The third-order valence-electron chi connectivity index (χ3n) is 2.09. The van der Waals surface area contributed by atoms with Crippen LogP contribution in [0.3, 0.4) is 0 Å². The van der Waals surface area contributed by atoms with Crippen LogP contribution in [-0.2, 0) is 0 Å². The SMILES string of the molecule is CCCNc1ncc(Cl)c(OCCCC(F)(F)F)n1. The molecule has 0 spiro atoms. The lowest BCUT2D eigenvalue weighted by atomic mass is 10.3. The average molecular weight is 298 g/mol. The number of nitrogens with zero attached hydrogens (tertiary/aromatic N) is 2. The molecule has 1 aromatic heterocycles. The normalized spacial score (nSPS) is 11.4. The topological polar surface area (TPSA) is 47.0 Å². The molecule has 0 saturated carbocycles. The van der Waals surface area contributed by atoms with Gasteiger partial charge in [0.05, 0.1) is 12.8 Å². The van der Waals surface area contributed by atoms with Crippen molar-refractivity contribution in [3.63, 3.8) is 0 Å². The number of alkyl halides is 3. The average Bonchev–Trinajstić information content (AvgIpc) is 2.33. The molecule has 0 aliphatic carbocycles. The first-order chi connectivity index (χ1) is 8.92. The maximum absolute atomic E-state index is 11.9. The molecular weight excluding hydrogens is 283 g/mol. The molecule has 0 aliphatic heterocycles. The molecule has 0 saturated heterocycles. The van der Waals surface area contributed by atoms with Crippen LogP contribution in [0.25, 0.3) is 0 Å². The molecule has 0 aromatic carbocycles. The quantitative estimate of drug-likeness (QED) is 0.780. The fourth-order valence-electron chi connectivity index (χ4n) is 1.22. The van der Waals surface area contributed by atoms with Gasteiger partial charge in [-0.25, -0.2) is 4.98 Å². The van der Waals surface area contributed by atoms with Crippen molar-refractivity contribution in [2.75, 3.05) is 18.5 Å². The van der Waals surface area contributed by atoms with Gasteiger partial charge in [-0.2, -0.15) is 18.2 Å². The van der Waals surface area contributed by atoms with Gasteiger partial charge < -0.3 is 10.1 Å². The fourth-order valence-corrected chi connectivity index (χ4v) is 1.36. The Morgan fingerprint density at radius 1 is 1.42 bits per heavy atom. The second kappa shape index (κ2) is 7.37. The third kappa shape index (κ3) is 6.47. The van der Waals surface area contributed by atoms with E-state index in [-0.39, 0.29) is 23.9 Å². The Balaban J connectivity index is 2.47. The van der Waals surface area contributed by atoms with Crippen molar-refractivity contribution < 1.29 is 17.9 Å². The molecule has 0 atom stereocenters. The van der Waals surface area contributed by atoms with Crippen molar-refractivity contribution in [1.29, 1.82) is 0 Å². The monoisotopic (exact) mass is 297 g/mol. The van der Waals surface area contributed by atoms with E-state index in [2.05, 4.69) is 15.3 Å². The lowest BCUT2D eigenvalue weighted by Crippen LogP contribution is -2.11. The minimum atomic E-state index is -4.17. The zero-order chi connectivity index (χ0) is 14.3. The molecule has 0 unspecified atom stereocenters. The summed E-state index contributed by atoms with van der Waals surface area (Å²) in [5.74, 6) is 0.439. The van der Waals surface area contributed by atoms with Gasteiger partial charge in [0.25, 0.3) is 0 Å². The third-order valence-corrected chi connectivity index (χ3v) is 2.35. The van der Waals surface area contributed by atoms with E-state index in [0.29, 0.717) is 12.5 Å². The van der Waals surface area contributed by atoms with Crippen molar-refractivity contribution in [2.45, 2.75) is 32.4 Å². The molecule has 0 aliphatic rings. The largest absolute Gasteiger partial charge is 0.476 e. The minimum absolute atomic E-state index is 0.0938. The van der Waals surface area contributed by atoms with Gasteiger partial charge in [-0.05, 0) is 12.8 Å². The summed E-state index contributed by atoms with van der Waals surface area (Å²) in [6.45, 7) is 2.58. The highest BCUT2D eigenvalue weighted by Crippen LogP contribution is 2.24. The summed E-state index contributed by atoms with van der Waals surface area (Å²) in [6.07, 6.45) is -2.95. The molecule has 0 radical (unpaired) electrons. The van der Waals surface area contributed by atoms with E-state index in [1.54, 1.807) is 0 Å². The molecule has 1 aromatic rings. The van der Waals surface area contributed by atoms with Gasteiger partial charge in [-0.15, -0.1) is 0 Å². The van der Waals surface area contributed by atoms with Crippen LogP contribution in [0.4, 0.5) is 19.1 Å². The van der Waals surface area contributed by atoms with Crippen LogP contribution in [0.5, 0.6) is 5.88 Å². The predicted molar refractivity (Wildman–Crippen MR) is 66.6 cm³/mol. The number of hydrogen-bond acceptors (Lipinski definition) is 4. The minimum Gasteiger partial charge on any atom is -0.476 e. The molecule has 1 N–H and O–H groups in total. The first kappa shape index (κ1) is 15.8. The molecule has 0 amide bonds. The van der Waals surface area contributed by atoms with Crippen molar-refractivity contribution in [3.8, 4) is 5.88 Å². The number of halogens is 4. The summed E-state index contributed by atoms with van der Waals surface area (Å²) in [5.41, 5.74) is 0. The number of ether oxygens (including phenoxy) is 1. The van der Waals surface area contributed by atoms with Gasteiger partial charge in [0, 0.05) is 13.0 Å². The molecule has 108 valence electrons. The van der Waals surface area contributed by atoms with E-state index in [1.807, 2.05) is 6.92 Å². The van der Waals surface area contributed by atoms with E-state index < -0.39 is 12.6 Å². The van der Waals surface area contributed by atoms with Crippen LogP contribution in [0.2, 0.25) is 5.02 Å². The molecule has 19 heavy (non-hydrogen) atoms. The second-order valence-corrected chi connectivity index (χ2v) is 4.25. The van der Waals surface area contributed by atoms with Gasteiger partial charge >= 0.3 is 6.18 Å². The van der Waals surface area contributed by atoms with E-state index in [4.69, 9.17) is 16.3 Å². The number of aromatic nitrogens is 2. The zero-order valence-corrected chi connectivity index (χ0v) is 11.2. The molecular formula is C11H15ClF3N3O. The highest BCUT2D eigenvalue weighted by molar-refractivity contribution is 6.31. The lowest BCUT2D eigenvalue weighted by molar-refractivity contribution is -0.136. The molecule has 0 fully saturated rings. The predicted octanol–water partition coefficient (Wildman–Crippen LogP) is 3.67. The van der Waals surface area contributed by atoms with Crippen LogP contribution in [0, 0.1) is 0 Å². The van der Waals surface area contributed by atoms with Crippen LogP contribution in [0.1, 0.15) is 26.2 Å². The molecule has 0 bridgehead atoms. The maximum atomic E-state index is 11.9. The molecule has 1 rings (SSSR count). The molecule has 4 nitrogen and oxygen atoms in total. The van der Waals surface area contributed by atoms with Gasteiger partial charge in [-0.1, -0.05) is 18.5 Å². The molecule has 1 heterocycles. The zero-order valence-electron chi connectivity index (χ0n) is 10.4. The Labute approximate surface area is 114 Å². The Morgan fingerprint density at radius 3 is 2.79 bits per heavy atom. The Kier molecular flexibility index (Phi) is 6.14. The van der Waals surface area contributed by atoms with Crippen LogP contribution >= 0.6 is 11.6 Å². The first-order valence-corrected chi connectivity index (χ1v) is 6.26. The number of nitrogens with one attached hydrogen (secondary N) is 1. The first-order valence-electron chi connectivity index (χ1n) is 5.88. The number of hydrogen-bond donors (Lipinski definition) is 1. The highest BCUT2D eigenvalue weighted by Gasteiger charge is 2.26. The second-order valence-electron chi connectivity index (χ2n) is 3.84. The van der Waals surface area contributed by atoms with Crippen LogP contribution < -0.4 is 10.1 Å². The Morgan fingerprint density at radius 2 is 2.16 bits per heavy atom. The standard InChI is InChI=1S/C11H15ClF3N3O/c1-2-5-16-10-17-7-8(12)9(18-10)19-6-3-4-11(13,14)15/h7H,2-6H2,1H3,(H,16,17,18). The number of anilines is 1. The maximum Gasteiger partial charge on any atom is 0.389 e. The van der Waals surface area contributed by atoms with E-state index in [0.717, 1.165) is 6.42 Å². The van der Waals surface area contributed by atoms with Gasteiger partial charge in [0.1, 0.15) is 5.02 Å². The smallest absolute Gasteiger partial charge is 0.389 e. The van der Waals surface area contributed by atoms with Gasteiger partial charge in [0.15, 0.2) is 0 Å². The van der Waals surface area contributed by atoms with Crippen molar-refractivity contribution in [1.82, 2.24) is 9.97 Å². The fraction of sp³-hybridized carbons (Fsp3) is 0.636. The van der Waals surface area contributed by atoms with Gasteiger partial charge in [0.2, 0.25) is 11.8 Å². The number of rotatable bonds is 7. The Hall–Kier alpha value is -1.24. The van der Waals surface area contributed by atoms with Crippen LogP contribution in [0.15, 0.2) is 6.20 Å². The molecule has 8 heteroatoms. The summed E-state index contributed by atoms with van der Waals surface area (Å²) in [4.78, 5) is 7.92.